The van der Waals surface area contributed by atoms with Gasteiger partial charge in [0.15, 0.2) is 6.10 Å². The minimum absolute atomic E-state index is 0.220. The van der Waals surface area contributed by atoms with Gasteiger partial charge in [0.1, 0.15) is 5.82 Å². The SMILES string of the molecule is Cc1ccc(-c2cc(C(=O)N[C@@H](C)c3ncc(C(F)(F)F)cc3F)cc(C3=NO[C@H](c4ccccn4)C3)c2)nc1. The highest BCUT2D eigenvalue weighted by molar-refractivity contribution is 6.05. The van der Waals surface area contributed by atoms with Gasteiger partial charge in [0.2, 0.25) is 0 Å². The maximum absolute atomic E-state index is 14.5. The first-order chi connectivity index (χ1) is 19.1. The number of aryl methyl sites for hydroxylation is 1. The summed E-state index contributed by atoms with van der Waals surface area (Å²) in [7, 11) is 0. The maximum Gasteiger partial charge on any atom is 0.417 e. The Morgan fingerprint density at radius 3 is 2.50 bits per heavy atom. The fourth-order valence-electron chi connectivity index (χ4n) is 4.26. The average Bonchev–Trinajstić information content (AvgIpc) is 3.44. The molecule has 1 aliphatic rings. The van der Waals surface area contributed by atoms with E-state index < -0.39 is 29.5 Å². The van der Waals surface area contributed by atoms with E-state index in [0.29, 0.717) is 41.2 Å². The third-order valence-electron chi connectivity index (χ3n) is 6.38. The predicted octanol–water partition coefficient (Wildman–Crippen LogP) is 6.36. The fraction of sp³-hybridized carbons (Fsp3) is 0.207. The highest BCUT2D eigenvalue weighted by Crippen LogP contribution is 2.32. The van der Waals surface area contributed by atoms with Crippen molar-refractivity contribution >= 4 is 11.6 Å². The van der Waals surface area contributed by atoms with Crippen LogP contribution in [0.1, 0.15) is 63.9 Å². The molecule has 1 amide bonds. The van der Waals surface area contributed by atoms with Crippen LogP contribution in [0.4, 0.5) is 17.6 Å². The lowest BCUT2D eigenvalue weighted by molar-refractivity contribution is -0.138. The summed E-state index contributed by atoms with van der Waals surface area (Å²) in [5.41, 5.74) is 2.85. The van der Waals surface area contributed by atoms with Crippen molar-refractivity contribution in [3.8, 4) is 11.3 Å². The summed E-state index contributed by atoms with van der Waals surface area (Å²) in [6.07, 6.45) is -0.793. The monoisotopic (exact) mass is 549 g/mol. The summed E-state index contributed by atoms with van der Waals surface area (Å²) in [6.45, 7) is 3.35. The molecule has 0 spiro atoms. The van der Waals surface area contributed by atoms with Crippen LogP contribution in [0.2, 0.25) is 0 Å². The first-order valence-electron chi connectivity index (χ1n) is 12.3. The van der Waals surface area contributed by atoms with Crippen LogP contribution < -0.4 is 5.32 Å². The number of halogens is 4. The molecule has 4 heterocycles. The van der Waals surface area contributed by atoms with E-state index in [0.717, 1.165) is 11.3 Å². The third-order valence-corrected chi connectivity index (χ3v) is 6.38. The average molecular weight is 550 g/mol. The second-order valence-corrected chi connectivity index (χ2v) is 9.39. The Bertz CT molecular complexity index is 1570. The molecule has 0 radical (unpaired) electrons. The molecular weight excluding hydrogens is 526 g/mol. The zero-order chi connectivity index (χ0) is 28.4. The minimum Gasteiger partial charge on any atom is -0.385 e. The van der Waals surface area contributed by atoms with Crippen molar-refractivity contribution < 1.29 is 27.2 Å². The number of rotatable bonds is 6. The second kappa shape index (κ2) is 10.8. The zero-order valence-corrected chi connectivity index (χ0v) is 21.4. The quantitative estimate of drug-likeness (QED) is 0.283. The maximum atomic E-state index is 14.5. The molecule has 0 unspecified atom stereocenters. The van der Waals surface area contributed by atoms with Crippen molar-refractivity contribution in [2.24, 2.45) is 5.16 Å². The van der Waals surface area contributed by atoms with E-state index >= 15 is 0 Å². The van der Waals surface area contributed by atoms with Gasteiger partial charge in [-0.25, -0.2) is 4.39 Å². The largest absolute Gasteiger partial charge is 0.417 e. The van der Waals surface area contributed by atoms with Crippen molar-refractivity contribution in [3.05, 3.63) is 113 Å². The summed E-state index contributed by atoms with van der Waals surface area (Å²) < 4.78 is 53.2. The number of amides is 1. The van der Waals surface area contributed by atoms with Gasteiger partial charge in [-0.05, 0) is 61.9 Å². The standard InChI is InChI=1S/C29H23F4N5O2/c1-16-6-7-23(35-14-16)18-9-19(25-13-26(40-38-25)24-5-3-4-8-34-24)11-20(10-18)28(39)37-17(2)27-22(30)12-21(15-36-27)29(31,32)33/h3-12,14-15,17,26H,13H2,1-2H3,(H,37,39)/t17-,26-/m0/s1. The fourth-order valence-corrected chi connectivity index (χ4v) is 4.26. The Labute approximate surface area is 227 Å². The Balaban J connectivity index is 1.44. The highest BCUT2D eigenvalue weighted by atomic mass is 19.4. The number of aromatic nitrogens is 3. The van der Waals surface area contributed by atoms with Crippen molar-refractivity contribution in [2.45, 2.75) is 38.6 Å². The highest BCUT2D eigenvalue weighted by Gasteiger charge is 2.32. The summed E-state index contributed by atoms with van der Waals surface area (Å²) >= 11 is 0. The van der Waals surface area contributed by atoms with Crippen LogP contribution in [0.25, 0.3) is 11.3 Å². The summed E-state index contributed by atoms with van der Waals surface area (Å²) in [5.74, 6) is -1.75. The molecular formula is C29H23F4N5O2. The van der Waals surface area contributed by atoms with E-state index in [-0.39, 0.29) is 17.4 Å². The lowest BCUT2D eigenvalue weighted by Crippen LogP contribution is -2.28. The smallest absolute Gasteiger partial charge is 0.385 e. The van der Waals surface area contributed by atoms with Crippen molar-refractivity contribution in [1.82, 2.24) is 20.3 Å². The van der Waals surface area contributed by atoms with E-state index in [1.165, 1.54) is 6.92 Å². The van der Waals surface area contributed by atoms with E-state index in [1.54, 1.807) is 30.6 Å². The molecule has 3 aromatic heterocycles. The predicted molar refractivity (Wildman–Crippen MR) is 139 cm³/mol. The number of pyridine rings is 3. The molecule has 0 aliphatic carbocycles. The van der Waals surface area contributed by atoms with E-state index in [2.05, 4.69) is 25.4 Å². The van der Waals surface area contributed by atoms with E-state index in [4.69, 9.17) is 4.84 Å². The molecule has 0 fully saturated rings. The Hall–Kier alpha value is -4.67. The van der Waals surface area contributed by atoms with Gasteiger partial charge in [-0.1, -0.05) is 17.3 Å². The molecule has 1 aliphatic heterocycles. The van der Waals surface area contributed by atoms with Gasteiger partial charge in [0.25, 0.3) is 5.91 Å². The molecule has 7 nitrogen and oxygen atoms in total. The number of benzene rings is 1. The molecule has 5 rings (SSSR count). The molecule has 40 heavy (non-hydrogen) atoms. The van der Waals surface area contributed by atoms with Gasteiger partial charge in [0, 0.05) is 41.7 Å². The molecule has 4 aromatic rings. The van der Waals surface area contributed by atoms with Gasteiger partial charge in [-0.2, -0.15) is 13.2 Å². The number of nitrogens with one attached hydrogen (secondary N) is 1. The number of carbonyl (C=O) groups excluding carboxylic acids is 1. The minimum atomic E-state index is -4.73. The van der Waals surface area contributed by atoms with Crippen LogP contribution in [-0.4, -0.2) is 26.6 Å². The molecule has 0 saturated carbocycles. The number of oxime groups is 1. The van der Waals surface area contributed by atoms with Crippen LogP contribution in [-0.2, 0) is 11.0 Å². The topological polar surface area (TPSA) is 89.4 Å². The molecule has 11 heteroatoms. The van der Waals surface area contributed by atoms with Gasteiger partial charge in [-0.3, -0.25) is 19.7 Å². The van der Waals surface area contributed by atoms with E-state index in [1.807, 2.05) is 37.3 Å². The number of hydrogen-bond donors (Lipinski definition) is 1. The molecule has 0 saturated heterocycles. The second-order valence-electron chi connectivity index (χ2n) is 9.39. The van der Waals surface area contributed by atoms with Crippen LogP contribution in [0.3, 0.4) is 0 Å². The van der Waals surface area contributed by atoms with Gasteiger partial charge in [-0.15, -0.1) is 0 Å². The number of alkyl halides is 3. The van der Waals surface area contributed by atoms with Gasteiger partial charge < -0.3 is 10.2 Å². The van der Waals surface area contributed by atoms with Crippen molar-refractivity contribution in [1.29, 1.82) is 0 Å². The van der Waals surface area contributed by atoms with Crippen LogP contribution in [0.5, 0.6) is 0 Å². The van der Waals surface area contributed by atoms with Gasteiger partial charge in [0.05, 0.1) is 34.4 Å². The van der Waals surface area contributed by atoms with Crippen LogP contribution in [0.15, 0.2) is 78.3 Å². The van der Waals surface area contributed by atoms with E-state index in [9.17, 15) is 22.4 Å². The lowest BCUT2D eigenvalue weighted by atomic mass is 9.96. The first-order valence-corrected chi connectivity index (χ1v) is 12.3. The number of carbonyl (C=O) groups is 1. The van der Waals surface area contributed by atoms with Crippen molar-refractivity contribution in [2.75, 3.05) is 0 Å². The number of nitrogens with zero attached hydrogens (tertiary/aromatic N) is 4. The Kier molecular flexibility index (Phi) is 7.29. The Morgan fingerprint density at radius 1 is 1.02 bits per heavy atom. The number of hydrogen-bond acceptors (Lipinski definition) is 6. The third kappa shape index (κ3) is 5.83. The Morgan fingerprint density at radius 2 is 1.82 bits per heavy atom. The summed E-state index contributed by atoms with van der Waals surface area (Å²) in [5, 5.41) is 6.86. The molecule has 2 atom stereocenters. The van der Waals surface area contributed by atoms with Crippen LogP contribution >= 0.6 is 0 Å². The lowest BCUT2D eigenvalue weighted by Gasteiger charge is -2.16. The van der Waals surface area contributed by atoms with Gasteiger partial charge >= 0.3 is 6.18 Å². The summed E-state index contributed by atoms with van der Waals surface area (Å²) in [4.78, 5) is 31.3. The van der Waals surface area contributed by atoms with Crippen molar-refractivity contribution in [3.63, 3.8) is 0 Å². The molecule has 0 bridgehead atoms. The first kappa shape index (κ1) is 26.9. The molecule has 1 aromatic carbocycles. The molecule has 204 valence electrons. The summed E-state index contributed by atoms with van der Waals surface area (Å²) in [6, 6.07) is 13.7. The molecule has 1 N–H and O–H groups in total. The van der Waals surface area contributed by atoms with Crippen LogP contribution in [0, 0.1) is 12.7 Å². The zero-order valence-electron chi connectivity index (χ0n) is 21.4. The normalized spacial score (nSPS) is 15.8.